The van der Waals surface area contributed by atoms with Crippen molar-refractivity contribution in [2.45, 2.75) is 6.54 Å². The average Bonchev–Trinajstić information content (AvgIpc) is 3.00. The van der Waals surface area contributed by atoms with E-state index in [1.165, 1.54) is 9.47 Å². The molecule has 2 amide bonds. The van der Waals surface area contributed by atoms with Crippen molar-refractivity contribution in [1.82, 2.24) is 39.8 Å². The molecule has 0 atom stereocenters. The van der Waals surface area contributed by atoms with E-state index in [-0.39, 0.29) is 53.9 Å². The number of aromatic nitrogens is 5. The zero-order valence-corrected chi connectivity index (χ0v) is 27.1. The standard InChI is InChI=1S/C28H31Cl2N9O5S/c1-37(2)28(41)32-16-18-14-22(35-36-25(18)44-10-7-39-8-11-45(42,43)12-9-39)33-27-31-15-17-13-19(26(40)38(3)24(17)34-27)23-20(29)5-4-6-21(23)30/h4-6,13-15H,7-12,16H2,1-3H3,(H,32,41)(H,31,33,34,35). The van der Waals surface area contributed by atoms with Crippen molar-refractivity contribution in [2.75, 3.05) is 57.2 Å². The number of pyridine rings is 1. The number of ether oxygens (including phenoxy) is 1. The molecule has 0 radical (unpaired) electrons. The summed E-state index contributed by atoms with van der Waals surface area (Å²) in [5.41, 5.74) is 1.32. The van der Waals surface area contributed by atoms with E-state index in [0.29, 0.717) is 57.4 Å². The van der Waals surface area contributed by atoms with Crippen LogP contribution in [0.4, 0.5) is 16.6 Å². The van der Waals surface area contributed by atoms with Crippen LogP contribution in [0.2, 0.25) is 10.0 Å². The molecular formula is C28H31Cl2N9O5S. The fourth-order valence-electron chi connectivity index (χ4n) is 4.66. The minimum absolute atomic E-state index is 0.0962. The second kappa shape index (κ2) is 13.5. The lowest BCUT2D eigenvalue weighted by Crippen LogP contribution is -2.42. The van der Waals surface area contributed by atoms with Gasteiger partial charge in [-0.2, -0.15) is 4.98 Å². The maximum Gasteiger partial charge on any atom is 0.317 e. The largest absolute Gasteiger partial charge is 0.475 e. The van der Waals surface area contributed by atoms with Gasteiger partial charge >= 0.3 is 6.03 Å². The van der Waals surface area contributed by atoms with E-state index >= 15 is 0 Å². The van der Waals surface area contributed by atoms with Crippen molar-refractivity contribution in [3.63, 3.8) is 0 Å². The second-order valence-corrected chi connectivity index (χ2v) is 13.7. The number of carbonyl (C=O) groups is 1. The molecule has 3 aromatic heterocycles. The second-order valence-electron chi connectivity index (χ2n) is 10.6. The van der Waals surface area contributed by atoms with Crippen LogP contribution in [-0.2, 0) is 23.4 Å². The van der Waals surface area contributed by atoms with Gasteiger partial charge in [0.25, 0.3) is 5.56 Å². The molecule has 0 unspecified atom stereocenters. The Balaban J connectivity index is 1.37. The number of halogens is 2. The van der Waals surface area contributed by atoms with Gasteiger partial charge in [0.15, 0.2) is 15.7 Å². The molecule has 0 aliphatic carbocycles. The van der Waals surface area contributed by atoms with Gasteiger partial charge in [-0.25, -0.2) is 18.2 Å². The van der Waals surface area contributed by atoms with E-state index < -0.39 is 9.84 Å². The van der Waals surface area contributed by atoms with E-state index in [4.69, 9.17) is 27.9 Å². The monoisotopic (exact) mass is 675 g/mol. The lowest BCUT2D eigenvalue weighted by Gasteiger charge is -2.26. The number of hydrogen-bond donors (Lipinski definition) is 2. The van der Waals surface area contributed by atoms with Crippen molar-refractivity contribution < 1.29 is 17.9 Å². The number of hydrogen-bond acceptors (Lipinski definition) is 11. The zero-order valence-electron chi connectivity index (χ0n) is 24.7. The highest BCUT2D eigenvalue weighted by atomic mass is 35.5. The van der Waals surface area contributed by atoms with Gasteiger partial charge in [-0.15, -0.1) is 10.2 Å². The van der Waals surface area contributed by atoms with Crippen molar-refractivity contribution >= 4 is 61.9 Å². The number of benzene rings is 1. The van der Waals surface area contributed by atoms with E-state index in [1.54, 1.807) is 57.7 Å². The van der Waals surface area contributed by atoms with Crippen molar-refractivity contribution in [3.05, 3.63) is 62.5 Å². The number of anilines is 2. The maximum atomic E-state index is 13.3. The minimum Gasteiger partial charge on any atom is -0.475 e. The molecule has 238 valence electrons. The normalized spacial score (nSPS) is 14.7. The Labute approximate surface area is 269 Å². The van der Waals surface area contributed by atoms with Crippen LogP contribution in [-0.4, -0.2) is 101 Å². The molecular weight excluding hydrogens is 645 g/mol. The first-order valence-corrected chi connectivity index (χ1v) is 16.4. The number of nitrogens with one attached hydrogen (secondary N) is 2. The molecule has 4 heterocycles. The van der Waals surface area contributed by atoms with E-state index in [9.17, 15) is 18.0 Å². The highest BCUT2D eigenvalue weighted by Crippen LogP contribution is 2.33. The van der Waals surface area contributed by atoms with Crippen LogP contribution in [0.25, 0.3) is 22.2 Å². The zero-order chi connectivity index (χ0) is 32.3. The van der Waals surface area contributed by atoms with Crippen molar-refractivity contribution in [3.8, 4) is 17.0 Å². The van der Waals surface area contributed by atoms with Crippen LogP contribution in [0.3, 0.4) is 0 Å². The molecule has 0 saturated carbocycles. The third kappa shape index (κ3) is 7.61. The quantitative estimate of drug-likeness (QED) is 0.268. The predicted molar refractivity (Wildman–Crippen MR) is 172 cm³/mol. The van der Waals surface area contributed by atoms with E-state index in [0.717, 1.165) is 0 Å². The number of aryl methyl sites for hydroxylation is 1. The van der Waals surface area contributed by atoms with Crippen molar-refractivity contribution in [1.29, 1.82) is 0 Å². The smallest absolute Gasteiger partial charge is 0.317 e. The van der Waals surface area contributed by atoms with Crippen LogP contribution in [0.5, 0.6) is 5.88 Å². The molecule has 1 aromatic carbocycles. The molecule has 14 nitrogen and oxygen atoms in total. The number of amides is 2. The number of nitrogens with zero attached hydrogens (tertiary/aromatic N) is 7. The first-order chi connectivity index (χ1) is 21.4. The fraction of sp³-hybridized carbons (Fsp3) is 0.357. The number of carbonyl (C=O) groups excluding carboxylic acids is 1. The molecule has 1 fully saturated rings. The predicted octanol–water partition coefficient (Wildman–Crippen LogP) is 2.72. The molecule has 4 aromatic rings. The summed E-state index contributed by atoms with van der Waals surface area (Å²) in [4.78, 5) is 37.8. The van der Waals surface area contributed by atoms with E-state index in [1.807, 2.05) is 4.90 Å². The summed E-state index contributed by atoms with van der Waals surface area (Å²) in [6.45, 7) is 1.74. The molecule has 0 bridgehead atoms. The average molecular weight is 677 g/mol. The number of urea groups is 1. The van der Waals surface area contributed by atoms with Gasteiger partial charge in [-0.05, 0) is 24.3 Å². The molecule has 0 spiro atoms. The Kier molecular flexibility index (Phi) is 9.72. The van der Waals surface area contributed by atoms with Crippen LogP contribution >= 0.6 is 23.2 Å². The highest BCUT2D eigenvalue weighted by Gasteiger charge is 2.22. The van der Waals surface area contributed by atoms with Crippen molar-refractivity contribution in [2.24, 2.45) is 7.05 Å². The summed E-state index contributed by atoms with van der Waals surface area (Å²) >= 11 is 12.7. The first-order valence-electron chi connectivity index (χ1n) is 13.9. The maximum absolute atomic E-state index is 13.3. The number of rotatable bonds is 9. The Bertz CT molecular complexity index is 1890. The molecule has 5 rings (SSSR count). The van der Waals surface area contributed by atoms with Crippen LogP contribution in [0, 0.1) is 0 Å². The Morgan fingerprint density at radius 1 is 1.11 bits per heavy atom. The van der Waals surface area contributed by atoms with Gasteiger partial charge < -0.3 is 20.3 Å². The molecule has 45 heavy (non-hydrogen) atoms. The van der Waals surface area contributed by atoms with Gasteiger partial charge in [0.2, 0.25) is 11.8 Å². The van der Waals surface area contributed by atoms with Crippen LogP contribution in [0.15, 0.2) is 41.3 Å². The topological polar surface area (TPSA) is 165 Å². The van der Waals surface area contributed by atoms with Gasteiger partial charge in [0.1, 0.15) is 12.3 Å². The summed E-state index contributed by atoms with van der Waals surface area (Å²) in [5.74, 6) is 0.902. The summed E-state index contributed by atoms with van der Waals surface area (Å²) in [5, 5.41) is 15.5. The Morgan fingerprint density at radius 3 is 2.51 bits per heavy atom. The van der Waals surface area contributed by atoms with Crippen LogP contribution < -0.4 is 20.9 Å². The molecule has 1 aliphatic heterocycles. The van der Waals surface area contributed by atoms with Gasteiger partial charge in [0, 0.05) is 63.5 Å². The van der Waals surface area contributed by atoms with Gasteiger partial charge in [-0.3, -0.25) is 14.3 Å². The molecule has 1 saturated heterocycles. The lowest BCUT2D eigenvalue weighted by molar-refractivity contribution is 0.210. The molecule has 17 heteroatoms. The third-order valence-corrected chi connectivity index (χ3v) is 9.41. The number of sulfone groups is 1. The number of fused-ring (bicyclic) bond motifs is 1. The van der Waals surface area contributed by atoms with Crippen LogP contribution in [0.1, 0.15) is 5.56 Å². The Morgan fingerprint density at radius 2 is 1.82 bits per heavy atom. The Hall–Kier alpha value is -4.05. The highest BCUT2D eigenvalue weighted by molar-refractivity contribution is 7.91. The SMILES string of the molecule is CN(C)C(=O)NCc1cc(Nc2ncc3cc(-c4c(Cl)cccc4Cl)c(=O)n(C)c3n2)nnc1OCCN1CCS(=O)(=O)CC1. The van der Waals surface area contributed by atoms with E-state index in [2.05, 4.69) is 30.8 Å². The molecule has 2 N–H and O–H groups in total. The summed E-state index contributed by atoms with van der Waals surface area (Å²) in [6.07, 6.45) is 1.56. The molecule has 1 aliphatic rings. The third-order valence-electron chi connectivity index (χ3n) is 7.17. The van der Waals surface area contributed by atoms with Gasteiger partial charge in [0.05, 0.1) is 33.7 Å². The summed E-state index contributed by atoms with van der Waals surface area (Å²) in [6, 6.07) is 8.02. The summed E-state index contributed by atoms with van der Waals surface area (Å²) < 4.78 is 30.7. The fourth-order valence-corrected chi connectivity index (χ4v) is 6.54. The lowest BCUT2D eigenvalue weighted by atomic mass is 10.1. The first kappa shape index (κ1) is 32.3. The summed E-state index contributed by atoms with van der Waals surface area (Å²) in [7, 11) is 1.86. The minimum atomic E-state index is -2.98. The van der Waals surface area contributed by atoms with Gasteiger partial charge in [-0.1, -0.05) is 29.3 Å².